The summed E-state index contributed by atoms with van der Waals surface area (Å²) in [5.41, 5.74) is -0.282. The lowest BCUT2D eigenvalue weighted by molar-refractivity contribution is -0.137. The first-order valence-electron chi connectivity index (χ1n) is 7.62. The van der Waals surface area contributed by atoms with Gasteiger partial charge in [0.2, 0.25) is 0 Å². The second-order valence-electron chi connectivity index (χ2n) is 5.46. The van der Waals surface area contributed by atoms with Crippen LogP contribution in [-0.4, -0.2) is 10.5 Å². The lowest BCUT2D eigenvalue weighted by Gasteiger charge is -2.12. The van der Waals surface area contributed by atoms with Gasteiger partial charge in [0.25, 0.3) is 11.5 Å². The summed E-state index contributed by atoms with van der Waals surface area (Å²) in [6.07, 6.45) is -2.91. The molecule has 4 nitrogen and oxygen atoms in total. The number of carbonyl (C=O) groups excluding carboxylic acids is 1. The molecule has 0 atom stereocenters. The van der Waals surface area contributed by atoms with Crippen molar-refractivity contribution >= 4 is 11.6 Å². The van der Waals surface area contributed by atoms with Crippen LogP contribution in [-0.2, 0) is 6.18 Å². The molecule has 132 valence electrons. The van der Waals surface area contributed by atoms with Crippen molar-refractivity contribution < 1.29 is 18.0 Å². The first-order chi connectivity index (χ1) is 12.4. The van der Waals surface area contributed by atoms with E-state index in [1.807, 2.05) is 0 Å². The Kier molecular flexibility index (Phi) is 4.62. The van der Waals surface area contributed by atoms with Crippen molar-refractivity contribution in [3.63, 3.8) is 0 Å². The van der Waals surface area contributed by atoms with Crippen LogP contribution >= 0.6 is 0 Å². The number of anilines is 1. The highest BCUT2D eigenvalue weighted by Gasteiger charge is 2.30. The molecule has 7 heteroatoms. The van der Waals surface area contributed by atoms with Gasteiger partial charge in [-0.1, -0.05) is 18.2 Å². The van der Waals surface area contributed by atoms with Crippen molar-refractivity contribution in [2.24, 2.45) is 0 Å². The lowest BCUT2D eigenvalue weighted by Crippen LogP contribution is -2.21. The fourth-order valence-corrected chi connectivity index (χ4v) is 2.44. The lowest BCUT2D eigenvalue weighted by atomic mass is 10.1. The van der Waals surface area contributed by atoms with Gasteiger partial charge < -0.3 is 5.32 Å². The van der Waals surface area contributed by atoms with E-state index in [1.54, 1.807) is 30.3 Å². The minimum atomic E-state index is -4.44. The highest BCUT2D eigenvalue weighted by atomic mass is 19.4. The summed E-state index contributed by atoms with van der Waals surface area (Å²) in [5, 5.41) is 2.54. The zero-order valence-electron chi connectivity index (χ0n) is 13.3. The molecule has 1 N–H and O–H groups in total. The molecule has 0 aliphatic rings. The zero-order valence-corrected chi connectivity index (χ0v) is 13.3. The molecule has 0 radical (unpaired) electrons. The Hall–Kier alpha value is -3.35. The Morgan fingerprint density at radius 3 is 2.19 bits per heavy atom. The molecule has 3 aromatic rings. The number of nitrogens with zero attached hydrogens (tertiary/aromatic N) is 1. The smallest absolute Gasteiger partial charge is 0.322 e. The van der Waals surface area contributed by atoms with Crippen molar-refractivity contribution in [3.05, 3.63) is 94.4 Å². The number of para-hydroxylation sites is 1. The van der Waals surface area contributed by atoms with E-state index in [-0.39, 0.29) is 16.8 Å². The third kappa shape index (κ3) is 3.66. The summed E-state index contributed by atoms with van der Waals surface area (Å²) in [4.78, 5) is 24.6. The Morgan fingerprint density at radius 1 is 0.885 bits per heavy atom. The third-order valence-electron chi connectivity index (χ3n) is 3.70. The van der Waals surface area contributed by atoms with Crippen LogP contribution in [0.5, 0.6) is 0 Å². The highest BCUT2D eigenvalue weighted by Crippen LogP contribution is 2.30. The van der Waals surface area contributed by atoms with Gasteiger partial charge in [0.1, 0.15) is 0 Å². The molecule has 26 heavy (non-hydrogen) atoms. The van der Waals surface area contributed by atoms with Crippen LogP contribution in [0.2, 0.25) is 0 Å². The number of carbonyl (C=O) groups is 1. The average Bonchev–Trinajstić information content (AvgIpc) is 2.62. The largest absolute Gasteiger partial charge is 0.416 e. The predicted molar refractivity (Wildman–Crippen MR) is 91.4 cm³/mol. The first-order valence-corrected chi connectivity index (χ1v) is 7.62. The van der Waals surface area contributed by atoms with E-state index >= 15 is 0 Å². The summed E-state index contributed by atoms with van der Waals surface area (Å²) in [6, 6.07) is 15.2. The maximum atomic E-state index is 12.6. The summed E-state index contributed by atoms with van der Waals surface area (Å²) in [5.74, 6) is -0.531. The predicted octanol–water partition coefficient (Wildman–Crippen LogP) is 4.11. The number of pyridine rings is 1. The summed E-state index contributed by atoms with van der Waals surface area (Å²) in [6.45, 7) is 0. The van der Waals surface area contributed by atoms with Crippen molar-refractivity contribution in [3.8, 4) is 5.69 Å². The van der Waals surface area contributed by atoms with Gasteiger partial charge in [-0.15, -0.1) is 0 Å². The average molecular weight is 358 g/mol. The van der Waals surface area contributed by atoms with Gasteiger partial charge in [-0.2, -0.15) is 13.2 Å². The molecule has 0 spiro atoms. The van der Waals surface area contributed by atoms with E-state index in [9.17, 15) is 22.8 Å². The van der Waals surface area contributed by atoms with Crippen LogP contribution < -0.4 is 10.9 Å². The van der Waals surface area contributed by atoms with E-state index in [1.165, 1.54) is 35.0 Å². The van der Waals surface area contributed by atoms with Crippen LogP contribution in [0.3, 0.4) is 0 Å². The molecule has 3 rings (SSSR count). The molecule has 0 fully saturated rings. The molecule has 0 aliphatic carbocycles. The van der Waals surface area contributed by atoms with Gasteiger partial charge in [-0.05, 0) is 42.5 Å². The number of amides is 1. The normalized spacial score (nSPS) is 11.2. The SMILES string of the molecule is O=C(Nc1ccc(C(F)(F)F)cc1)c1ccccc1-n1ccccc1=O. The maximum Gasteiger partial charge on any atom is 0.416 e. The molecular formula is C19H13F3N2O2. The van der Waals surface area contributed by atoms with Gasteiger partial charge in [0.15, 0.2) is 0 Å². The molecule has 0 aliphatic heterocycles. The minimum Gasteiger partial charge on any atom is -0.322 e. The number of halogens is 3. The van der Waals surface area contributed by atoms with Crippen LogP contribution in [0.15, 0.2) is 77.7 Å². The van der Waals surface area contributed by atoms with Crippen LogP contribution in [0.4, 0.5) is 18.9 Å². The van der Waals surface area contributed by atoms with E-state index in [2.05, 4.69) is 5.32 Å². The van der Waals surface area contributed by atoms with Crippen molar-refractivity contribution in [2.45, 2.75) is 6.18 Å². The molecular weight excluding hydrogens is 345 g/mol. The Balaban J connectivity index is 1.90. The number of benzene rings is 2. The van der Waals surface area contributed by atoms with Gasteiger partial charge in [-0.3, -0.25) is 14.2 Å². The number of hydrogen-bond acceptors (Lipinski definition) is 2. The third-order valence-corrected chi connectivity index (χ3v) is 3.70. The molecule has 0 bridgehead atoms. The fourth-order valence-electron chi connectivity index (χ4n) is 2.44. The Labute approximate surface area is 146 Å². The van der Waals surface area contributed by atoms with E-state index in [0.29, 0.717) is 5.69 Å². The van der Waals surface area contributed by atoms with Crippen LogP contribution in [0, 0.1) is 0 Å². The molecule has 1 aromatic heterocycles. The quantitative estimate of drug-likeness (QED) is 0.766. The standard InChI is InChI=1S/C19H13F3N2O2/c20-19(21,22)13-8-10-14(11-9-13)23-18(26)15-5-1-2-6-16(15)24-12-4-3-7-17(24)25/h1-12H,(H,23,26). The van der Waals surface area contributed by atoms with E-state index in [0.717, 1.165) is 12.1 Å². The molecule has 0 saturated carbocycles. The van der Waals surface area contributed by atoms with E-state index < -0.39 is 17.6 Å². The summed E-state index contributed by atoms with van der Waals surface area (Å²) < 4.78 is 39.1. The van der Waals surface area contributed by atoms with Gasteiger partial charge >= 0.3 is 6.18 Å². The molecule has 1 heterocycles. The van der Waals surface area contributed by atoms with Gasteiger partial charge in [0, 0.05) is 18.0 Å². The van der Waals surface area contributed by atoms with Crippen LogP contribution in [0.1, 0.15) is 15.9 Å². The number of aromatic nitrogens is 1. The number of rotatable bonds is 3. The zero-order chi connectivity index (χ0) is 18.7. The number of alkyl halides is 3. The molecule has 1 amide bonds. The van der Waals surface area contributed by atoms with Gasteiger partial charge in [0.05, 0.1) is 16.8 Å². The first kappa shape index (κ1) is 17.5. The van der Waals surface area contributed by atoms with Crippen LogP contribution in [0.25, 0.3) is 5.69 Å². The Morgan fingerprint density at radius 2 is 1.54 bits per heavy atom. The van der Waals surface area contributed by atoms with E-state index in [4.69, 9.17) is 0 Å². The number of hydrogen-bond donors (Lipinski definition) is 1. The second kappa shape index (κ2) is 6.87. The van der Waals surface area contributed by atoms with Crippen molar-refractivity contribution in [2.75, 3.05) is 5.32 Å². The monoisotopic (exact) mass is 358 g/mol. The molecule has 0 unspecified atom stereocenters. The van der Waals surface area contributed by atoms with Gasteiger partial charge in [-0.25, -0.2) is 0 Å². The highest BCUT2D eigenvalue weighted by molar-refractivity contribution is 6.06. The maximum absolute atomic E-state index is 12.6. The topological polar surface area (TPSA) is 51.1 Å². The second-order valence-corrected chi connectivity index (χ2v) is 5.46. The number of nitrogens with one attached hydrogen (secondary N) is 1. The molecule has 2 aromatic carbocycles. The Bertz CT molecular complexity index is 992. The summed E-state index contributed by atoms with van der Waals surface area (Å²) >= 11 is 0. The molecule has 0 saturated heterocycles. The van der Waals surface area contributed by atoms with Crippen molar-refractivity contribution in [1.82, 2.24) is 4.57 Å². The van der Waals surface area contributed by atoms with Crippen molar-refractivity contribution in [1.29, 1.82) is 0 Å². The fraction of sp³-hybridized carbons (Fsp3) is 0.0526. The minimum absolute atomic E-state index is 0.221. The summed E-state index contributed by atoms with van der Waals surface area (Å²) in [7, 11) is 0.